The molecule has 5 nitrogen and oxygen atoms in total. The third kappa shape index (κ3) is 4.36. The number of nitro benzene ring substituents is 1. The Balaban J connectivity index is 2.79. The average molecular weight is 306 g/mol. The highest BCUT2D eigenvalue weighted by Gasteiger charge is 2.19. The van der Waals surface area contributed by atoms with Gasteiger partial charge in [-0.3, -0.25) is 14.9 Å². The molecule has 0 bridgehead atoms. The van der Waals surface area contributed by atoms with Crippen LogP contribution in [0.3, 0.4) is 0 Å². The molecule has 1 aromatic rings. The molecule has 0 heterocycles. The van der Waals surface area contributed by atoms with Gasteiger partial charge in [0.15, 0.2) is 0 Å². The van der Waals surface area contributed by atoms with Crippen LogP contribution < -0.4 is 0 Å². The monoisotopic (exact) mass is 305 g/mol. The van der Waals surface area contributed by atoms with Gasteiger partial charge in [-0.1, -0.05) is 23.2 Å². The van der Waals surface area contributed by atoms with Crippen LogP contribution in [0.1, 0.15) is 25.3 Å². The number of nitro groups is 1. The fraction of sp³-hybridized carbons (Fsp3) is 0.417. The van der Waals surface area contributed by atoms with Gasteiger partial charge in [0.25, 0.3) is 5.69 Å². The molecular weight excluding hydrogens is 293 g/mol. The van der Waals surface area contributed by atoms with E-state index in [2.05, 4.69) is 0 Å². The molecule has 0 aromatic heterocycles. The van der Waals surface area contributed by atoms with Crippen LogP contribution in [0.4, 0.5) is 5.69 Å². The summed E-state index contributed by atoms with van der Waals surface area (Å²) in [6, 6.07) is 2.70. The summed E-state index contributed by atoms with van der Waals surface area (Å²) in [5.41, 5.74) is 0.265. The van der Waals surface area contributed by atoms with Gasteiger partial charge in [-0.15, -0.1) is 0 Å². The number of halogens is 2. The first-order chi connectivity index (χ1) is 8.97. The number of hydrogen-bond acceptors (Lipinski definition) is 4. The van der Waals surface area contributed by atoms with Gasteiger partial charge >= 0.3 is 5.97 Å². The van der Waals surface area contributed by atoms with Gasteiger partial charge < -0.3 is 4.74 Å². The second kappa shape index (κ2) is 7.31. The molecule has 19 heavy (non-hydrogen) atoms. The number of esters is 1. The lowest BCUT2D eigenvalue weighted by Gasteiger charge is -2.07. The van der Waals surface area contributed by atoms with Crippen LogP contribution in [0.25, 0.3) is 0 Å². The largest absolute Gasteiger partial charge is 0.466 e. The maximum Gasteiger partial charge on any atom is 0.305 e. The molecule has 0 unspecified atom stereocenters. The first-order valence-electron chi connectivity index (χ1n) is 5.74. The first-order valence-corrected chi connectivity index (χ1v) is 6.49. The lowest BCUT2D eigenvalue weighted by atomic mass is 10.1. The Labute approximate surface area is 120 Å². The van der Waals surface area contributed by atoms with Gasteiger partial charge in [-0.2, -0.15) is 0 Å². The van der Waals surface area contributed by atoms with E-state index in [1.807, 2.05) is 0 Å². The molecule has 0 saturated carbocycles. The molecule has 0 amide bonds. The van der Waals surface area contributed by atoms with Crippen LogP contribution in [0.2, 0.25) is 10.0 Å². The van der Waals surface area contributed by atoms with E-state index in [0.717, 1.165) is 0 Å². The summed E-state index contributed by atoms with van der Waals surface area (Å²) in [6.45, 7) is 2.04. The Kier molecular flexibility index (Phi) is 6.05. The van der Waals surface area contributed by atoms with Gasteiger partial charge in [-0.25, -0.2) is 0 Å². The van der Waals surface area contributed by atoms with Crippen LogP contribution in [-0.2, 0) is 16.0 Å². The van der Waals surface area contributed by atoms with Crippen molar-refractivity contribution >= 4 is 34.9 Å². The van der Waals surface area contributed by atoms with Crippen molar-refractivity contribution < 1.29 is 14.5 Å². The second-order valence-corrected chi connectivity index (χ2v) is 4.56. The number of hydrogen-bond donors (Lipinski definition) is 0. The van der Waals surface area contributed by atoms with Crippen LogP contribution in [0.5, 0.6) is 0 Å². The molecule has 0 saturated heterocycles. The predicted molar refractivity (Wildman–Crippen MR) is 72.7 cm³/mol. The lowest BCUT2D eigenvalue weighted by molar-refractivity contribution is -0.385. The van der Waals surface area contributed by atoms with Crippen molar-refractivity contribution in [1.29, 1.82) is 0 Å². The lowest BCUT2D eigenvalue weighted by Crippen LogP contribution is -2.05. The minimum Gasteiger partial charge on any atom is -0.466 e. The topological polar surface area (TPSA) is 69.4 Å². The van der Waals surface area contributed by atoms with Crippen LogP contribution in [-0.4, -0.2) is 17.5 Å². The summed E-state index contributed by atoms with van der Waals surface area (Å²) in [5.74, 6) is -0.330. The van der Waals surface area contributed by atoms with Crippen LogP contribution >= 0.6 is 23.2 Å². The van der Waals surface area contributed by atoms with E-state index < -0.39 is 4.92 Å². The summed E-state index contributed by atoms with van der Waals surface area (Å²) in [7, 11) is 0. The molecule has 0 spiro atoms. The average Bonchev–Trinajstić information content (AvgIpc) is 2.34. The first kappa shape index (κ1) is 15.7. The van der Waals surface area contributed by atoms with E-state index >= 15 is 0 Å². The SMILES string of the molecule is CCOC(=O)CCCc1c([N+](=O)[O-])ccc(Cl)c1Cl. The number of carbonyl (C=O) groups excluding carboxylic acids is 1. The Morgan fingerprint density at radius 3 is 2.68 bits per heavy atom. The van der Waals surface area contributed by atoms with E-state index in [-0.39, 0.29) is 28.1 Å². The summed E-state index contributed by atoms with van der Waals surface area (Å²) in [6.07, 6.45) is 0.905. The maximum atomic E-state index is 11.2. The van der Waals surface area contributed by atoms with Gasteiger partial charge in [0.05, 0.1) is 21.6 Å². The molecule has 7 heteroatoms. The number of rotatable bonds is 6. The zero-order valence-electron chi connectivity index (χ0n) is 10.3. The molecule has 1 aromatic carbocycles. The molecule has 104 valence electrons. The Morgan fingerprint density at radius 2 is 2.11 bits per heavy atom. The fourth-order valence-corrected chi connectivity index (χ4v) is 2.07. The predicted octanol–water partition coefficient (Wildman–Crippen LogP) is 3.79. The van der Waals surface area contributed by atoms with Crippen molar-refractivity contribution in [2.45, 2.75) is 26.2 Å². The molecule has 1 rings (SSSR count). The second-order valence-electron chi connectivity index (χ2n) is 3.77. The third-order valence-corrected chi connectivity index (χ3v) is 3.32. The minimum atomic E-state index is -0.512. The molecule has 0 N–H and O–H groups in total. The highest BCUT2D eigenvalue weighted by Crippen LogP contribution is 2.33. The van der Waals surface area contributed by atoms with Gasteiger partial charge in [-0.05, 0) is 25.8 Å². The quantitative estimate of drug-likeness (QED) is 0.455. The maximum absolute atomic E-state index is 11.2. The van der Waals surface area contributed by atoms with E-state index in [1.165, 1.54) is 12.1 Å². The van der Waals surface area contributed by atoms with Crippen molar-refractivity contribution in [3.05, 3.63) is 37.9 Å². The van der Waals surface area contributed by atoms with Crippen molar-refractivity contribution in [3.8, 4) is 0 Å². The van der Waals surface area contributed by atoms with Crippen LogP contribution in [0.15, 0.2) is 12.1 Å². The normalized spacial score (nSPS) is 10.3. The molecule has 0 aliphatic heterocycles. The van der Waals surface area contributed by atoms with E-state index in [4.69, 9.17) is 27.9 Å². The van der Waals surface area contributed by atoms with Crippen molar-refractivity contribution in [1.82, 2.24) is 0 Å². The van der Waals surface area contributed by atoms with E-state index in [0.29, 0.717) is 25.0 Å². The van der Waals surface area contributed by atoms with E-state index in [1.54, 1.807) is 6.92 Å². The number of ether oxygens (including phenoxy) is 1. The molecule has 0 atom stereocenters. The number of carbonyl (C=O) groups is 1. The zero-order valence-corrected chi connectivity index (χ0v) is 11.8. The Bertz CT molecular complexity index is 491. The molecule has 0 radical (unpaired) electrons. The summed E-state index contributed by atoms with van der Waals surface area (Å²) >= 11 is 11.8. The van der Waals surface area contributed by atoms with Gasteiger partial charge in [0.2, 0.25) is 0 Å². The highest BCUT2D eigenvalue weighted by molar-refractivity contribution is 6.42. The Morgan fingerprint density at radius 1 is 1.42 bits per heavy atom. The Hall–Kier alpha value is -1.33. The van der Waals surface area contributed by atoms with Crippen molar-refractivity contribution in [2.75, 3.05) is 6.61 Å². The summed E-state index contributed by atoms with van der Waals surface area (Å²) in [4.78, 5) is 21.6. The zero-order chi connectivity index (χ0) is 14.4. The third-order valence-electron chi connectivity index (χ3n) is 2.48. The summed E-state index contributed by atoms with van der Waals surface area (Å²) in [5, 5.41) is 11.3. The molecule has 0 fully saturated rings. The molecule has 0 aliphatic rings. The van der Waals surface area contributed by atoms with Crippen molar-refractivity contribution in [3.63, 3.8) is 0 Å². The summed E-state index contributed by atoms with van der Waals surface area (Å²) < 4.78 is 4.78. The highest BCUT2D eigenvalue weighted by atomic mass is 35.5. The minimum absolute atomic E-state index is 0.0849. The molecule has 0 aliphatic carbocycles. The number of benzene rings is 1. The van der Waals surface area contributed by atoms with Gasteiger partial charge in [0.1, 0.15) is 0 Å². The van der Waals surface area contributed by atoms with Crippen LogP contribution in [0, 0.1) is 10.1 Å². The smallest absolute Gasteiger partial charge is 0.305 e. The van der Waals surface area contributed by atoms with E-state index in [9.17, 15) is 14.9 Å². The number of nitrogens with zero attached hydrogens (tertiary/aromatic N) is 1. The molecular formula is C12H13Cl2NO4. The van der Waals surface area contributed by atoms with Crippen molar-refractivity contribution in [2.24, 2.45) is 0 Å². The standard InChI is InChI=1S/C12H13Cl2NO4/c1-2-19-11(16)5-3-4-8-10(15(17)18)7-6-9(13)12(8)14/h6-7H,2-5H2,1H3. The van der Waals surface area contributed by atoms with Gasteiger partial charge in [0, 0.05) is 18.1 Å². The fourth-order valence-electron chi connectivity index (χ4n) is 1.63.